The first-order valence-electron chi connectivity index (χ1n) is 14.4. The summed E-state index contributed by atoms with van der Waals surface area (Å²) in [6.07, 6.45) is 3.46. The van der Waals surface area contributed by atoms with Crippen LogP contribution >= 0.6 is 11.6 Å². The van der Waals surface area contributed by atoms with Gasteiger partial charge in [-0.05, 0) is 67.3 Å². The van der Waals surface area contributed by atoms with E-state index in [2.05, 4.69) is 26.8 Å². The number of aryl methyl sites for hydroxylation is 1. The van der Waals surface area contributed by atoms with Crippen molar-refractivity contribution in [3.63, 3.8) is 0 Å². The van der Waals surface area contributed by atoms with Gasteiger partial charge in [-0.2, -0.15) is 0 Å². The van der Waals surface area contributed by atoms with Crippen LogP contribution in [0.25, 0.3) is 22.0 Å². The molecule has 0 aliphatic carbocycles. The second-order valence-electron chi connectivity index (χ2n) is 10.9. The molecule has 12 heteroatoms. The fourth-order valence-corrected chi connectivity index (χ4v) is 7.32. The van der Waals surface area contributed by atoms with Crippen molar-refractivity contribution in [2.45, 2.75) is 50.2 Å². The number of aliphatic hydroxyl groups excluding tert-OH is 1. The van der Waals surface area contributed by atoms with Gasteiger partial charge in [-0.3, -0.25) is 4.72 Å². The summed E-state index contributed by atoms with van der Waals surface area (Å²) in [4.78, 5) is 11.5. The number of nitrogens with zero attached hydrogens (tertiary/aromatic N) is 3. The Hall–Kier alpha value is -3.51. The number of nitrogens with one attached hydrogen (secondary N) is 2. The highest BCUT2D eigenvalue weighted by Gasteiger charge is 2.32. The van der Waals surface area contributed by atoms with Crippen LogP contribution in [-0.4, -0.2) is 60.7 Å². The average Bonchev–Trinajstić information content (AvgIpc) is 3.37. The molecule has 6 rings (SSSR count). The summed E-state index contributed by atoms with van der Waals surface area (Å²) in [5.74, 6) is -0.149. The monoisotopic (exact) mass is 625 g/mol. The molecule has 3 aromatic carbocycles. The van der Waals surface area contributed by atoms with Gasteiger partial charge in [0.2, 0.25) is 5.95 Å². The van der Waals surface area contributed by atoms with Gasteiger partial charge in [0.15, 0.2) is 5.82 Å². The fourth-order valence-electron chi connectivity index (χ4n) is 5.77. The van der Waals surface area contributed by atoms with E-state index < -0.39 is 21.9 Å². The lowest BCUT2D eigenvalue weighted by Gasteiger charge is -2.31. The van der Waals surface area contributed by atoms with E-state index in [4.69, 9.17) is 21.3 Å². The maximum absolute atomic E-state index is 16.0. The van der Waals surface area contributed by atoms with Gasteiger partial charge >= 0.3 is 0 Å². The molecule has 1 aromatic heterocycles. The quantitative estimate of drug-likeness (QED) is 0.226. The largest absolute Gasteiger partial charge is 0.489 e. The van der Waals surface area contributed by atoms with Gasteiger partial charge in [-0.15, -0.1) is 0 Å². The molecule has 0 radical (unpaired) electrons. The van der Waals surface area contributed by atoms with E-state index in [1.807, 2.05) is 19.1 Å². The maximum Gasteiger partial charge on any atom is 0.265 e. The van der Waals surface area contributed by atoms with Crippen LogP contribution in [0.5, 0.6) is 5.75 Å². The van der Waals surface area contributed by atoms with Crippen molar-refractivity contribution >= 4 is 44.2 Å². The molecule has 0 spiro atoms. The Morgan fingerprint density at radius 1 is 1.16 bits per heavy atom. The Balaban J connectivity index is 1.30. The van der Waals surface area contributed by atoms with Gasteiger partial charge in [-0.25, -0.2) is 22.8 Å². The van der Waals surface area contributed by atoms with Crippen molar-refractivity contribution in [2.24, 2.45) is 0 Å². The second-order valence-corrected chi connectivity index (χ2v) is 13.0. The number of benzene rings is 3. The summed E-state index contributed by atoms with van der Waals surface area (Å²) in [5.41, 5.74) is 2.57. The van der Waals surface area contributed by atoms with Crippen LogP contribution in [0.4, 0.5) is 16.0 Å². The lowest BCUT2D eigenvalue weighted by molar-refractivity contribution is 0.140. The number of ether oxygens (including phenoxy) is 1. The number of piperidine rings is 1. The number of fused-ring (bicyclic) bond motifs is 2. The Morgan fingerprint density at radius 2 is 1.95 bits per heavy atom. The van der Waals surface area contributed by atoms with Crippen molar-refractivity contribution in [1.29, 1.82) is 0 Å². The van der Waals surface area contributed by atoms with Gasteiger partial charge < -0.3 is 20.1 Å². The third kappa shape index (κ3) is 5.86. The molecule has 1 atom stereocenters. The van der Waals surface area contributed by atoms with E-state index in [9.17, 15) is 13.5 Å². The van der Waals surface area contributed by atoms with Crippen LogP contribution in [0.15, 0.2) is 53.6 Å². The number of likely N-dealkylation sites (tertiary alicyclic amines) is 1. The Bertz CT molecular complexity index is 1800. The predicted molar refractivity (Wildman–Crippen MR) is 166 cm³/mol. The maximum atomic E-state index is 16.0. The molecule has 2 aliphatic rings. The molecule has 1 unspecified atom stereocenters. The highest BCUT2D eigenvalue weighted by atomic mass is 35.5. The number of sulfonamides is 1. The molecule has 9 nitrogen and oxygen atoms in total. The topological polar surface area (TPSA) is 117 Å². The highest BCUT2D eigenvalue weighted by Crippen LogP contribution is 2.41. The van der Waals surface area contributed by atoms with Crippen LogP contribution < -0.4 is 14.8 Å². The fraction of sp³-hybridized carbons (Fsp3) is 0.355. The van der Waals surface area contributed by atoms with Crippen LogP contribution in [0.2, 0.25) is 5.02 Å². The number of anilines is 2. The molecule has 0 saturated carbocycles. The number of aliphatic hydroxyl groups is 1. The van der Waals surface area contributed by atoms with Crippen LogP contribution in [0.3, 0.4) is 0 Å². The number of hydrogen-bond acceptors (Lipinski definition) is 8. The molecule has 1 fully saturated rings. The number of rotatable bonds is 8. The summed E-state index contributed by atoms with van der Waals surface area (Å²) in [5, 5.41) is 14.5. The molecule has 2 aliphatic heterocycles. The molecular weight excluding hydrogens is 593 g/mol. The van der Waals surface area contributed by atoms with E-state index in [1.165, 1.54) is 18.2 Å². The zero-order valence-corrected chi connectivity index (χ0v) is 25.5. The van der Waals surface area contributed by atoms with Crippen molar-refractivity contribution in [3.05, 3.63) is 70.6 Å². The highest BCUT2D eigenvalue weighted by molar-refractivity contribution is 7.92. The van der Waals surface area contributed by atoms with Gasteiger partial charge in [0, 0.05) is 46.9 Å². The smallest absolute Gasteiger partial charge is 0.265 e. The van der Waals surface area contributed by atoms with Gasteiger partial charge in [0.25, 0.3) is 10.0 Å². The van der Waals surface area contributed by atoms with Crippen molar-refractivity contribution in [2.75, 3.05) is 36.3 Å². The Labute approximate surface area is 255 Å². The molecule has 3 heterocycles. The Kier molecular flexibility index (Phi) is 8.16. The summed E-state index contributed by atoms with van der Waals surface area (Å²) in [7, 11) is -4.32. The second kappa shape index (κ2) is 11.9. The molecule has 3 N–H and O–H groups in total. The number of halogens is 2. The molecule has 1 saturated heterocycles. The summed E-state index contributed by atoms with van der Waals surface area (Å²) >= 11 is 6.14. The molecular formula is C31H33ClFN5O4S. The first-order valence-corrected chi connectivity index (χ1v) is 16.3. The molecule has 0 amide bonds. The third-order valence-corrected chi connectivity index (χ3v) is 9.74. The minimum absolute atomic E-state index is 0.00311. The summed E-state index contributed by atoms with van der Waals surface area (Å²) in [6, 6.07) is 11.2. The van der Waals surface area contributed by atoms with Crippen molar-refractivity contribution < 1.29 is 22.7 Å². The standard InChI is InChI=1S/C31H33ClFN5O4S/c1-3-18-12-19(13-20-16-34-31(36-29(18)20)35-22-8-10-38(4-2)11-9-22)23-6-5-7-25(28(23)33)37-43(40,41)27-15-21(32)14-24-26(39)17-42-30(24)27/h5-7,12-16,22,26,37,39H,3-4,8-11,17H2,1-2H3,(H,34,35,36). The van der Waals surface area contributed by atoms with Gasteiger partial charge in [0.1, 0.15) is 23.4 Å². The lowest BCUT2D eigenvalue weighted by atomic mass is 9.98. The zero-order chi connectivity index (χ0) is 30.3. The zero-order valence-electron chi connectivity index (χ0n) is 23.9. The van der Waals surface area contributed by atoms with Gasteiger partial charge in [-0.1, -0.05) is 37.6 Å². The SMILES string of the molecule is CCc1cc(-c2cccc(NS(=O)(=O)c3cc(Cl)cc4c3OCC4O)c2F)cc2cnc(NC3CCN(CC)CC3)nc12. The predicted octanol–water partition coefficient (Wildman–Crippen LogP) is 5.77. The van der Waals surface area contributed by atoms with E-state index in [1.54, 1.807) is 18.3 Å². The Morgan fingerprint density at radius 3 is 2.70 bits per heavy atom. The molecule has 0 bridgehead atoms. The van der Waals surface area contributed by atoms with Gasteiger partial charge in [0.05, 0.1) is 11.2 Å². The van der Waals surface area contributed by atoms with E-state index in [0.29, 0.717) is 24.0 Å². The molecule has 226 valence electrons. The summed E-state index contributed by atoms with van der Waals surface area (Å²) < 4.78 is 50.5. The minimum Gasteiger partial charge on any atom is -0.489 e. The van der Waals surface area contributed by atoms with Crippen LogP contribution in [0, 0.1) is 5.82 Å². The lowest BCUT2D eigenvalue weighted by Crippen LogP contribution is -2.39. The summed E-state index contributed by atoms with van der Waals surface area (Å²) in [6.45, 7) is 7.24. The van der Waals surface area contributed by atoms with Crippen molar-refractivity contribution in [3.8, 4) is 16.9 Å². The molecule has 4 aromatic rings. The normalized spacial score (nSPS) is 17.6. The minimum atomic E-state index is -4.32. The average molecular weight is 626 g/mol. The third-order valence-electron chi connectivity index (χ3n) is 8.15. The number of hydrogen-bond donors (Lipinski definition) is 3. The van der Waals surface area contributed by atoms with E-state index >= 15 is 4.39 Å². The number of aromatic nitrogens is 2. The van der Waals surface area contributed by atoms with Crippen LogP contribution in [-0.2, 0) is 16.4 Å². The van der Waals surface area contributed by atoms with E-state index in [0.717, 1.165) is 48.9 Å². The van der Waals surface area contributed by atoms with Crippen molar-refractivity contribution in [1.82, 2.24) is 14.9 Å². The first-order chi connectivity index (χ1) is 20.7. The first kappa shape index (κ1) is 29.6. The van der Waals surface area contributed by atoms with E-state index in [-0.39, 0.29) is 39.1 Å². The van der Waals surface area contributed by atoms with Crippen LogP contribution in [0.1, 0.15) is 43.9 Å². The molecule has 43 heavy (non-hydrogen) atoms.